The van der Waals surface area contributed by atoms with Gasteiger partial charge in [0.2, 0.25) is 5.91 Å². The molecule has 2 atom stereocenters. The minimum absolute atomic E-state index is 0.200. The van der Waals surface area contributed by atoms with Crippen molar-refractivity contribution < 1.29 is 14.7 Å². The Bertz CT molecular complexity index is 217. The Balaban J connectivity index is 2.27. The molecule has 0 saturated carbocycles. The number of carbonyl (C=O) groups excluding carboxylic acids is 2. The van der Waals surface area contributed by atoms with Crippen LogP contribution in [0.5, 0.6) is 0 Å². The standard InChI is InChI=1S/C7H13N3O3/c1-4(11)2-8-6(12)5-3-9-7(13)10-5/h4-5,11H,2-3H2,1H3,(H,8,12)(H2,9,10,13)/t4-,5?/m1/s1. The van der Waals surface area contributed by atoms with Crippen molar-refractivity contribution in [3.05, 3.63) is 0 Å². The number of carbonyl (C=O) groups is 2. The highest BCUT2D eigenvalue weighted by Crippen LogP contribution is 1.90. The minimum Gasteiger partial charge on any atom is -0.392 e. The number of hydrogen-bond donors (Lipinski definition) is 4. The van der Waals surface area contributed by atoms with E-state index in [0.29, 0.717) is 6.54 Å². The molecular formula is C7H13N3O3. The van der Waals surface area contributed by atoms with Crippen LogP contribution in [0.2, 0.25) is 0 Å². The summed E-state index contributed by atoms with van der Waals surface area (Å²) >= 11 is 0. The van der Waals surface area contributed by atoms with E-state index in [-0.39, 0.29) is 18.5 Å². The Hall–Kier alpha value is -1.30. The van der Waals surface area contributed by atoms with Gasteiger partial charge in [0.05, 0.1) is 6.10 Å². The van der Waals surface area contributed by atoms with Crippen LogP contribution in [-0.4, -0.2) is 42.3 Å². The van der Waals surface area contributed by atoms with E-state index in [4.69, 9.17) is 5.11 Å². The van der Waals surface area contributed by atoms with Gasteiger partial charge in [-0.3, -0.25) is 4.79 Å². The van der Waals surface area contributed by atoms with Crippen LogP contribution in [0.4, 0.5) is 4.79 Å². The van der Waals surface area contributed by atoms with Crippen molar-refractivity contribution in [3.63, 3.8) is 0 Å². The lowest BCUT2D eigenvalue weighted by molar-refractivity contribution is -0.122. The third kappa shape index (κ3) is 2.90. The van der Waals surface area contributed by atoms with Gasteiger partial charge in [0.15, 0.2) is 0 Å². The molecule has 0 spiro atoms. The van der Waals surface area contributed by atoms with Crippen LogP contribution in [0, 0.1) is 0 Å². The van der Waals surface area contributed by atoms with Crippen molar-refractivity contribution in [1.82, 2.24) is 16.0 Å². The molecule has 1 fully saturated rings. The topological polar surface area (TPSA) is 90.5 Å². The van der Waals surface area contributed by atoms with Gasteiger partial charge in [-0.2, -0.15) is 0 Å². The Morgan fingerprint density at radius 1 is 1.85 bits per heavy atom. The summed E-state index contributed by atoms with van der Waals surface area (Å²) in [5.74, 6) is -0.278. The summed E-state index contributed by atoms with van der Waals surface area (Å²) in [4.78, 5) is 21.9. The Morgan fingerprint density at radius 3 is 3.00 bits per heavy atom. The summed E-state index contributed by atoms with van der Waals surface area (Å²) in [6.07, 6.45) is -0.575. The maximum atomic E-state index is 11.2. The molecule has 1 heterocycles. The molecule has 74 valence electrons. The second-order valence-corrected chi connectivity index (χ2v) is 3.00. The van der Waals surface area contributed by atoms with Crippen molar-refractivity contribution in [3.8, 4) is 0 Å². The Labute approximate surface area is 75.7 Å². The SMILES string of the molecule is C[C@@H](O)CNC(=O)C1CNC(=O)N1. The van der Waals surface area contributed by atoms with E-state index in [0.717, 1.165) is 0 Å². The quantitative estimate of drug-likeness (QED) is 0.418. The number of urea groups is 1. The van der Waals surface area contributed by atoms with E-state index < -0.39 is 12.1 Å². The van der Waals surface area contributed by atoms with Crippen LogP contribution in [0.1, 0.15) is 6.92 Å². The van der Waals surface area contributed by atoms with Gasteiger partial charge >= 0.3 is 6.03 Å². The lowest BCUT2D eigenvalue weighted by Gasteiger charge is -2.10. The maximum absolute atomic E-state index is 11.2. The number of amides is 3. The molecule has 0 bridgehead atoms. The predicted molar refractivity (Wildman–Crippen MR) is 45.0 cm³/mol. The van der Waals surface area contributed by atoms with Crippen molar-refractivity contribution in [2.24, 2.45) is 0 Å². The van der Waals surface area contributed by atoms with E-state index >= 15 is 0 Å². The largest absolute Gasteiger partial charge is 0.392 e. The summed E-state index contributed by atoms with van der Waals surface area (Å²) in [5, 5.41) is 16.3. The van der Waals surface area contributed by atoms with E-state index in [9.17, 15) is 9.59 Å². The summed E-state index contributed by atoms with van der Waals surface area (Å²) in [5.41, 5.74) is 0. The van der Waals surface area contributed by atoms with Crippen molar-refractivity contribution in [2.75, 3.05) is 13.1 Å². The molecule has 1 aliphatic rings. The van der Waals surface area contributed by atoms with Gasteiger partial charge in [-0.1, -0.05) is 0 Å². The zero-order chi connectivity index (χ0) is 9.84. The molecule has 3 amide bonds. The van der Waals surface area contributed by atoms with Gasteiger partial charge in [-0.15, -0.1) is 0 Å². The first-order valence-electron chi connectivity index (χ1n) is 4.09. The third-order valence-electron chi connectivity index (χ3n) is 1.66. The summed E-state index contributed by atoms with van der Waals surface area (Å²) in [6, 6.07) is -0.858. The first-order valence-corrected chi connectivity index (χ1v) is 4.09. The normalized spacial score (nSPS) is 23.2. The number of aliphatic hydroxyl groups excluding tert-OH is 1. The van der Waals surface area contributed by atoms with Gasteiger partial charge in [0.25, 0.3) is 0 Å². The zero-order valence-corrected chi connectivity index (χ0v) is 7.33. The number of hydrogen-bond acceptors (Lipinski definition) is 3. The lowest BCUT2D eigenvalue weighted by atomic mass is 10.3. The zero-order valence-electron chi connectivity index (χ0n) is 7.33. The molecule has 6 nitrogen and oxygen atoms in total. The molecule has 0 radical (unpaired) electrons. The molecule has 0 aliphatic carbocycles. The van der Waals surface area contributed by atoms with Crippen LogP contribution < -0.4 is 16.0 Å². The summed E-state index contributed by atoms with van der Waals surface area (Å²) in [7, 11) is 0. The molecule has 1 saturated heterocycles. The highest BCUT2D eigenvalue weighted by atomic mass is 16.3. The summed E-state index contributed by atoms with van der Waals surface area (Å²) in [6.45, 7) is 2.07. The average Bonchev–Trinajstić information content (AvgIpc) is 2.47. The lowest BCUT2D eigenvalue weighted by Crippen LogP contribution is -2.44. The van der Waals surface area contributed by atoms with Crippen LogP contribution in [0.25, 0.3) is 0 Å². The van der Waals surface area contributed by atoms with Crippen molar-refractivity contribution in [1.29, 1.82) is 0 Å². The fraction of sp³-hybridized carbons (Fsp3) is 0.714. The first-order chi connectivity index (χ1) is 6.09. The van der Waals surface area contributed by atoms with Crippen LogP contribution in [-0.2, 0) is 4.79 Å². The molecule has 0 aromatic rings. The fourth-order valence-corrected chi connectivity index (χ4v) is 0.985. The smallest absolute Gasteiger partial charge is 0.315 e. The number of rotatable bonds is 3. The van der Waals surface area contributed by atoms with E-state index in [1.165, 1.54) is 0 Å². The van der Waals surface area contributed by atoms with Crippen LogP contribution >= 0.6 is 0 Å². The molecular weight excluding hydrogens is 174 g/mol. The molecule has 1 unspecified atom stereocenters. The fourth-order valence-electron chi connectivity index (χ4n) is 0.985. The summed E-state index contributed by atoms with van der Waals surface area (Å²) < 4.78 is 0. The Kier molecular flexibility index (Phi) is 3.07. The van der Waals surface area contributed by atoms with Gasteiger partial charge < -0.3 is 21.1 Å². The highest BCUT2D eigenvalue weighted by molar-refractivity contribution is 5.90. The van der Waals surface area contributed by atoms with Crippen molar-refractivity contribution in [2.45, 2.75) is 19.1 Å². The molecule has 0 aromatic carbocycles. The molecule has 13 heavy (non-hydrogen) atoms. The molecule has 4 N–H and O–H groups in total. The minimum atomic E-state index is -0.575. The van der Waals surface area contributed by atoms with Crippen molar-refractivity contribution >= 4 is 11.9 Å². The van der Waals surface area contributed by atoms with E-state index in [1.807, 2.05) is 0 Å². The number of nitrogens with one attached hydrogen (secondary N) is 3. The van der Waals surface area contributed by atoms with E-state index in [2.05, 4.69) is 16.0 Å². The second-order valence-electron chi connectivity index (χ2n) is 3.00. The molecule has 0 aromatic heterocycles. The van der Waals surface area contributed by atoms with Gasteiger partial charge in [0.1, 0.15) is 6.04 Å². The highest BCUT2D eigenvalue weighted by Gasteiger charge is 2.26. The monoisotopic (exact) mass is 187 g/mol. The molecule has 1 aliphatic heterocycles. The maximum Gasteiger partial charge on any atom is 0.315 e. The predicted octanol–water partition coefficient (Wildman–Crippen LogP) is -1.84. The van der Waals surface area contributed by atoms with Gasteiger partial charge in [0, 0.05) is 13.1 Å². The second kappa shape index (κ2) is 4.08. The Morgan fingerprint density at radius 2 is 2.54 bits per heavy atom. The molecule has 6 heteroatoms. The van der Waals surface area contributed by atoms with Crippen LogP contribution in [0.15, 0.2) is 0 Å². The van der Waals surface area contributed by atoms with Gasteiger partial charge in [-0.05, 0) is 6.92 Å². The van der Waals surface area contributed by atoms with Gasteiger partial charge in [-0.25, -0.2) is 4.79 Å². The van der Waals surface area contributed by atoms with Crippen LogP contribution in [0.3, 0.4) is 0 Å². The molecule has 1 rings (SSSR count). The van der Waals surface area contributed by atoms with E-state index in [1.54, 1.807) is 6.92 Å². The third-order valence-corrected chi connectivity index (χ3v) is 1.66. The number of aliphatic hydroxyl groups is 1. The average molecular weight is 187 g/mol. The first kappa shape index (κ1) is 9.79.